The van der Waals surface area contributed by atoms with Gasteiger partial charge in [0.15, 0.2) is 5.54 Å². The maximum atomic E-state index is 15.5. The number of halogens is 1. The van der Waals surface area contributed by atoms with Crippen molar-refractivity contribution in [1.29, 1.82) is 0 Å². The van der Waals surface area contributed by atoms with Crippen LogP contribution in [-0.2, 0) is 12.0 Å². The number of unbranched alkanes of at least 4 members (excludes halogenated alkanes) is 1. The highest BCUT2D eigenvalue weighted by atomic mass is 19.1. The van der Waals surface area contributed by atoms with E-state index >= 15 is 4.39 Å². The molecule has 0 heterocycles. The summed E-state index contributed by atoms with van der Waals surface area (Å²) in [6.07, 6.45) is 13.4. The summed E-state index contributed by atoms with van der Waals surface area (Å²) in [5, 5.41) is 9.66. The molecule has 0 aliphatic heterocycles. The summed E-state index contributed by atoms with van der Waals surface area (Å²) in [6, 6.07) is 22.0. The summed E-state index contributed by atoms with van der Waals surface area (Å²) in [5.74, 6) is 1.51. The number of aromatic carboxylic acids is 1. The second-order valence-corrected chi connectivity index (χ2v) is 9.30. The molecular formula is C31H32FNO2. The fourth-order valence-corrected chi connectivity index (χ4v) is 5.30. The summed E-state index contributed by atoms with van der Waals surface area (Å²) in [5.41, 5.74) is 2.14. The Kier molecular flexibility index (Phi) is 7.56. The maximum absolute atomic E-state index is 15.5. The molecule has 0 radical (unpaired) electrons. The molecule has 35 heavy (non-hydrogen) atoms. The summed E-state index contributed by atoms with van der Waals surface area (Å²) in [4.78, 5) is 13.8. The van der Waals surface area contributed by atoms with Crippen molar-refractivity contribution >= 4 is 11.7 Å². The number of hydrogen-bond acceptors (Lipinski definition) is 2. The highest BCUT2D eigenvalue weighted by Crippen LogP contribution is 2.44. The monoisotopic (exact) mass is 469 g/mol. The number of rotatable bonds is 9. The van der Waals surface area contributed by atoms with Crippen LogP contribution in [0.3, 0.4) is 0 Å². The van der Waals surface area contributed by atoms with Gasteiger partial charge in [-0.05, 0) is 60.6 Å². The molecule has 1 atom stereocenters. The summed E-state index contributed by atoms with van der Waals surface area (Å²) in [7, 11) is 0. The quantitative estimate of drug-likeness (QED) is 0.337. The van der Waals surface area contributed by atoms with Crippen LogP contribution >= 0.6 is 0 Å². The molecule has 1 unspecified atom stereocenters. The molecule has 1 saturated carbocycles. The van der Waals surface area contributed by atoms with Crippen LogP contribution in [0, 0.1) is 18.2 Å². The Morgan fingerprint density at radius 3 is 2.31 bits per heavy atom. The van der Waals surface area contributed by atoms with Crippen molar-refractivity contribution in [1.82, 2.24) is 0 Å². The molecule has 0 bridgehead atoms. The predicted octanol–water partition coefficient (Wildman–Crippen LogP) is 7.19. The van der Waals surface area contributed by atoms with Gasteiger partial charge >= 0.3 is 5.97 Å². The molecule has 4 rings (SSSR count). The Morgan fingerprint density at radius 1 is 1.06 bits per heavy atom. The second-order valence-electron chi connectivity index (χ2n) is 9.30. The van der Waals surface area contributed by atoms with Gasteiger partial charge in [0.2, 0.25) is 0 Å². The number of carboxylic acid groups (broad SMARTS) is 1. The van der Waals surface area contributed by atoms with Gasteiger partial charge in [0, 0.05) is 6.04 Å². The molecule has 0 spiro atoms. The lowest BCUT2D eigenvalue weighted by atomic mass is 9.79. The third-order valence-corrected chi connectivity index (χ3v) is 7.09. The minimum absolute atomic E-state index is 0.0235. The summed E-state index contributed by atoms with van der Waals surface area (Å²) >= 11 is 0. The molecule has 3 aromatic rings. The van der Waals surface area contributed by atoms with E-state index in [1.165, 1.54) is 23.8 Å². The van der Waals surface area contributed by atoms with Crippen LogP contribution in [0.25, 0.3) is 0 Å². The first-order chi connectivity index (χ1) is 17.0. The third kappa shape index (κ3) is 4.82. The molecule has 1 aliphatic carbocycles. The van der Waals surface area contributed by atoms with E-state index in [-0.39, 0.29) is 17.3 Å². The molecule has 0 aromatic heterocycles. The van der Waals surface area contributed by atoms with E-state index in [4.69, 9.17) is 6.42 Å². The molecule has 0 saturated heterocycles. The molecule has 3 aromatic carbocycles. The molecule has 0 amide bonds. The van der Waals surface area contributed by atoms with Crippen LogP contribution in [0.5, 0.6) is 0 Å². The number of hydrogen-bond donors (Lipinski definition) is 1. The Hall–Kier alpha value is -3.58. The number of carbonyl (C=O) groups is 1. The number of nitrogens with zero attached hydrogens (tertiary/aromatic N) is 1. The van der Waals surface area contributed by atoms with Crippen molar-refractivity contribution in [2.24, 2.45) is 0 Å². The zero-order chi connectivity index (χ0) is 24.8. The van der Waals surface area contributed by atoms with E-state index in [0.29, 0.717) is 0 Å². The average Bonchev–Trinajstić information content (AvgIpc) is 3.42. The molecule has 3 nitrogen and oxygen atoms in total. The first-order valence-corrected chi connectivity index (χ1v) is 12.5. The van der Waals surface area contributed by atoms with Crippen LogP contribution in [-0.4, -0.2) is 17.1 Å². The van der Waals surface area contributed by atoms with Crippen molar-refractivity contribution in [2.45, 2.75) is 63.5 Å². The number of anilines is 1. The minimum atomic E-state index is -1.10. The fourth-order valence-electron chi connectivity index (χ4n) is 5.30. The standard InChI is InChI=1S/C31H32FNO2/c1-3-5-11-23-16-19-26(20-17-23)31(4-2,25-12-7-6-8-13-25)33(27-14-9-10-15-27)29-22-24(30(34)35)18-21-28(29)32/h2,6-8,12-13,16-22,27H,3,5,9-11,14-15H2,1H3,(H,34,35). The number of aryl methyl sites for hydroxylation is 1. The van der Waals surface area contributed by atoms with Gasteiger partial charge in [0.25, 0.3) is 0 Å². The first kappa shape index (κ1) is 24.5. The summed E-state index contributed by atoms with van der Waals surface area (Å²) < 4.78 is 15.5. The normalized spacial score (nSPS) is 15.3. The lowest BCUT2D eigenvalue weighted by molar-refractivity contribution is 0.0697. The van der Waals surface area contributed by atoms with Gasteiger partial charge in [0.1, 0.15) is 5.82 Å². The zero-order valence-corrected chi connectivity index (χ0v) is 20.2. The molecular weight excluding hydrogens is 437 g/mol. The van der Waals surface area contributed by atoms with E-state index < -0.39 is 17.3 Å². The predicted molar refractivity (Wildman–Crippen MR) is 139 cm³/mol. The van der Waals surface area contributed by atoms with Gasteiger partial charge in [-0.15, -0.1) is 6.42 Å². The first-order valence-electron chi connectivity index (χ1n) is 12.5. The van der Waals surface area contributed by atoms with Gasteiger partial charge in [-0.2, -0.15) is 0 Å². The van der Waals surface area contributed by atoms with E-state index in [1.807, 2.05) is 35.2 Å². The number of benzene rings is 3. The molecule has 180 valence electrons. The molecule has 1 aliphatic rings. The van der Waals surface area contributed by atoms with Gasteiger partial charge in [-0.25, -0.2) is 9.18 Å². The maximum Gasteiger partial charge on any atom is 0.335 e. The third-order valence-electron chi connectivity index (χ3n) is 7.09. The number of terminal acetylenes is 1. The van der Waals surface area contributed by atoms with Crippen LogP contribution in [0.4, 0.5) is 10.1 Å². The van der Waals surface area contributed by atoms with Crippen molar-refractivity contribution in [3.8, 4) is 12.3 Å². The van der Waals surface area contributed by atoms with Gasteiger partial charge in [-0.1, -0.05) is 86.7 Å². The van der Waals surface area contributed by atoms with Crippen molar-refractivity contribution in [2.75, 3.05) is 4.90 Å². The lowest BCUT2D eigenvalue weighted by Crippen LogP contribution is -2.51. The van der Waals surface area contributed by atoms with Gasteiger partial charge in [-0.3, -0.25) is 0 Å². The van der Waals surface area contributed by atoms with Crippen LogP contribution in [0.1, 0.15) is 72.5 Å². The fraction of sp³-hybridized carbons (Fsp3) is 0.323. The zero-order valence-electron chi connectivity index (χ0n) is 20.2. The largest absolute Gasteiger partial charge is 0.478 e. The van der Waals surface area contributed by atoms with E-state index in [1.54, 1.807) is 0 Å². The van der Waals surface area contributed by atoms with Gasteiger partial charge < -0.3 is 10.0 Å². The van der Waals surface area contributed by atoms with Gasteiger partial charge in [0.05, 0.1) is 11.3 Å². The van der Waals surface area contributed by atoms with E-state index in [9.17, 15) is 9.90 Å². The molecule has 1 fully saturated rings. The average molecular weight is 470 g/mol. The van der Waals surface area contributed by atoms with Crippen LogP contribution in [0.2, 0.25) is 0 Å². The van der Waals surface area contributed by atoms with E-state index in [2.05, 4.69) is 37.1 Å². The molecule has 4 heteroatoms. The van der Waals surface area contributed by atoms with Crippen molar-refractivity contribution in [3.63, 3.8) is 0 Å². The minimum Gasteiger partial charge on any atom is -0.478 e. The SMILES string of the molecule is C#CC(c1ccccc1)(c1ccc(CCCC)cc1)N(c1cc(C(=O)O)ccc1F)C1CCCC1. The van der Waals surface area contributed by atoms with Crippen LogP contribution < -0.4 is 4.90 Å². The van der Waals surface area contributed by atoms with Crippen molar-refractivity contribution < 1.29 is 14.3 Å². The lowest BCUT2D eigenvalue weighted by Gasteiger charge is -2.46. The van der Waals surface area contributed by atoms with E-state index in [0.717, 1.165) is 56.1 Å². The van der Waals surface area contributed by atoms with Crippen LogP contribution in [0.15, 0.2) is 72.8 Å². The number of carboxylic acids is 1. The Labute approximate surface area is 207 Å². The second kappa shape index (κ2) is 10.8. The summed E-state index contributed by atoms with van der Waals surface area (Å²) in [6.45, 7) is 2.17. The Balaban J connectivity index is 1.97. The van der Waals surface area contributed by atoms with Crippen molar-refractivity contribution in [3.05, 3.63) is 101 Å². The highest BCUT2D eigenvalue weighted by Gasteiger charge is 2.44. The topological polar surface area (TPSA) is 40.5 Å². The smallest absolute Gasteiger partial charge is 0.335 e. The molecule has 1 N–H and O–H groups in total. The highest BCUT2D eigenvalue weighted by molar-refractivity contribution is 5.89. The Bertz CT molecular complexity index is 1190. The Morgan fingerprint density at radius 2 is 1.71 bits per heavy atom.